The SMILES string of the molecule is COc1cccc2sc(NC=O)nc12. The highest BCUT2D eigenvalue weighted by Gasteiger charge is 2.07. The molecule has 2 aromatic rings. The lowest BCUT2D eigenvalue weighted by molar-refractivity contribution is -0.105. The van der Waals surface area contributed by atoms with Gasteiger partial charge in [0, 0.05) is 0 Å². The zero-order valence-corrected chi connectivity index (χ0v) is 8.30. The third-order valence-electron chi connectivity index (χ3n) is 1.78. The summed E-state index contributed by atoms with van der Waals surface area (Å²) in [5.41, 5.74) is 0.782. The Kier molecular flexibility index (Phi) is 2.32. The second kappa shape index (κ2) is 3.63. The highest BCUT2D eigenvalue weighted by molar-refractivity contribution is 7.22. The van der Waals surface area contributed by atoms with Crippen LogP contribution in [0.5, 0.6) is 5.75 Å². The first-order chi connectivity index (χ1) is 6.85. The monoisotopic (exact) mass is 208 g/mol. The third-order valence-corrected chi connectivity index (χ3v) is 2.74. The van der Waals surface area contributed by atoms with E-state index >= 15 is 0 Å². The van der Waals surface area contributed by atoms with Crippen LogP contribution >= 0.6 is 11.3 Å². The summed E-state index contributed by atoms with van der Waals surface area (Å²) in [7, 11) is 1.60. The molecule has 1 aromatic carbocycles. The molecule has 0 unspecified atom stereocenters. The molecular weight excluding hydrogens is 200 g/mol. The van der Waals surface area contributed by atoms with Crippen molar-refractivity contribution < 1.29 is 9.53 Å². The zero-order valence-electron chi connectivity index (χ0n) is 7.48. The molecule has 72 valence electrons. The van der Waals surface area contributed by atoms with E-state index in [1.807, 2.05) is 18.2 Å². The topological polar surface area (TPSA) is 51.2 Å². The van der Waals surface area contributed by atoms with Gasteiger partial charge in [0.1, 0.15) is 11.3 Å². The van der Waals surface area contributed by atoms with Gasteiger partial charge in [0.2, 0.25) is 6.41 Å². The molecule has 14 heavy (non-hydrogen) atoms. The Labute approximate surface area is 84.5 Å². The van der Waals surface area contributed by atoms with Crippen LogP contribution in [0.15, 0.2) is 18.2 Å². The zero-order chi connectivity index (χ0) is 9.97. The minimum Gasteiger partial charge on any atom is -0.494 e. The maximum absolute atomic E-state index is 10.2. The van der Waals surface area contributed by atoms with Crippen LogP contribution in [-0.2, 0) is 4.79 Å². The molecule has 1 amide bonds. The summed E-state index contributed by atoms with van der Waals surface area (Å²) in [4.78, 5) is 14.5. The fraction of sp³-hybridized carbons (Fsp3) is 0.111. The number of aromatic nitrogens is 1. The Morgan fingerprint density at radius 2 is 2.43 bits per heavy atom. The average Bonchev–Trinajstić information content (AvgIpc) is 2.60. The molecule has 1 heterocycles. The van der Waals surface area contributed by atoms with Gasteiger partial charge in [-0.25, -0.2) is 4.98 Å². The molecule has 0 bridgehead atoms. The van der Waals surface area contributed by atoms with Crippen molar-refractivity contribution in [2.45, 2.75) is 0 Å². The highest BCUT2D eigenvalue weighted by atomic mass is 32.1. The van der Waals surface area contributed by atoms with Crippen molar-refractivity contribution in [1.29, 1.82) is 0 Å². The summed E-state index contributed by atoms with van der Waals surface area (Å²) < 4.78 is 6.14. The first kappa shape index (κ1) is 8.96. The van der Waals surface area contributed by atoms with Crippen LogP contribution in [0.2, 0.25) is 0 Å². The molecule has 0 radical (unpaired) electrons. The van der Waals surface area contributed by atoms with Gasteiger partial charge in [-0.3, -0.25) is 4.79 Å². The summed E-state index contributed by atoms with van der Waals surface area (Å²) >= 11 is 1.42. The number of amides is 1. The predicted octanol–water partition coefficient (Wildman–Crippen LogP) is 1.87. The van der Waals surface area contributed by atoms with Gasteiger partial charge in [-0.05, 0) is 12.1 Å². The van der Waals surface area contributed by atoms with Crippen LogP contribution < -0.4 is 10.1 Å². The maximum atomic E-state index is 10.2. The van der Waals surface area contributed by atoms with Crippen LogP contribution in [0.1, 0.15) is 0 Å². The summed E-state index contributed by atoms with van der Waals surface area (Å²) in [6.07, 6.45) is 0.615. The quantitative estimate of drug-likeness (QED) is 0.783. The molecule has 0 saturated carbocycles. The summed E-state index contributed by atoms with van der Waals surface area (Å²) in [5.74, 6) is 0.720. The van der Waals surface area contributed by atoms with E-state index in [4.69, 9.17) is 4.74 Å². The van der Waals surface area contributed by atoms with E-state index in [-0.39, 0.29) is 0 Å². The molecule has 0 aliphatic heterocycles. The van der Waals surface area contributed by atoms with Crippen molar-refractivity contribution in [3.05, 3.63) is 18.2 Å². The van der Waals surface area contributed by atoms with Crippen molar-refractivity contribution in [2.24, 2.45) is 0 Å². The summed E-state index contributed by atoms with van der Waals surface area (Å²) in [6, 6.07) is 5.67. The number of methoxy groups -OCH3 is 1. The minimum atomic E-state index is 0.583. The minimum absolute atomic E-state index is 0.583. The molecular formula is C9H8N2O2S. The molecule has 0 fully saturated rings. The number of anilines is 1. The van der Waals surface area contributed by atoms with Gasteiger partial charge >= 0.3 is 0 Å². The molecule has 0 aliphatic rings. The van der Waals surface area contributed by atoms with Crippen molar-refractivity contribution in [3.8, 4) is 5.75 Å². The lowest BCUT2D eigenvalue weighted by atomic mass is 10.3. The number of fused-ring (bicyclic) bond motifs is 1. The molecule has 1 aromatic heterocycles. The number of nitrogens with zero attached hydrogens (tertiary/aromatic N) is 1. The predicted molar refractivity (Wildman–Crippen MR) is 55.9 cm³/mol. The Morgan fingerprint density at radius 3 is 3.14 bits per heavy atom. The molecule has 4 nitrogen and oxygen atoms in total. The van der Waals surface area contributed by atoms with E-state index < -0.39 is 0 Å². The average molecular weight is 208 g/mol. The van der Waals surface area contributed by atoms with Gasteiger partial charge in [0.05, 0.1) is 11.8 Å². The third kappa shape index (κ3) is 1.42. The smallest absolute Gasteiger partial charge is 0.213 e. The Morgan fingerprint density at radius 1 is 1.57 bits per heavy atom. The Balaban J connectivity index is 2.57. The number of hydrogen-bond donors (Lipinski definition) is 1. The van der Waals surface area contributed by atoms with Crippen LogP contribution in [0.3, 0.4) is 0 Å². The molecule has 0 saturated heterocycles. The van der Waals surface area contributed by atoms with Gasteiger partial charge in [0.25, 0.3) is 0 Å². The van der Waals surface area contributed by atoms with E-state index in [9.17, 15) is 4.79 Å². The Bertz CT molecular complexity index is 467. The largest absolute Gasteiger partial charge is 0.494 e. The molecule has 5 heteroatoms. The molecule has 0 atom stereocenters. The number of hydrogen-bond acceptors (Lipinski definition) is 4. The highest BCUT2D eigenvalue weighted by Crippen LogP contribution is 2.31. The Hall–Kier alpha value is -1.62. The molecule has 2 rings (SSSR count). The van der Waals surface area contributed by atoms with E-state index in [1.54, 1.807) is 7.11 Å². The maximum Gasteiger partial charge on any atom is 0.213 e. The van der Waals surface area contributed by atoms with Gasteiger partial charge in [-0.1, -0.05) is 17.4 Å². The lowest BCUT2D eigenvalue weighted by Gasteiger charge is -1.97. The van der Waals surface area contributed by atoms with Crippen molar-refractivity contribution in [1.82, 2.24) is 4.98 Å². The molecule has 0 spiro atoms. The number of rotatable bonds is 3. The van der Waals surface area contributed by atoms with Gasteiger partial charge < -0.3 is 10.1 Å². The van der Waals surface area contributed by atoms with Crippen LogP contribution in [-0.4, -0.2) is 18.5 Å². The number of ether oxygens (including phenoxy) is 1. The lowest BCUT2D eigenvalue weighted by Crippen LogP contribution is -1.91. The number of para-hydroxylation sites is 1. The summed E-state index contributed by atoms with van der Waals surface area (Å²) in [5, 5.41) is 3.10. The number of carbonyl (C=O) groups excluding carboxylic acids is 1. The van der Waals surface area contributed by atoms with Crippen molar-refractivity contribution in [2.75, 3.05) is 12.4 Å². The van der Waals surface area contributed by atoms with Gasteiger partial charge in [0.15, 0.2) is 5.13 Å². The first-order valence-corrected chi connectivity index (χ1v) is 4.80. The molecule has 1 N–H and O–H groups in total. The second-order valence-electron chi connectivity index (χ2n) is 2.59. The molecule has 0 aliphatic carbocycles. The van der Waals surface area contributed by atoms with E-state index in [0.717, 1.165) is 16.0 Å². The second-order valence-corrected chi connectivity index (χ2v) is 3.62. The van der Waals surface area contributed by atoms with Crippen molar-refractivity contribution in [3.63, 3.8) is 0 Å². The van der Waals surface area contributed by atoms with E-state index in [1.165, 1.54) is 11.3 Å². The number of carbonyl (C=O) groups is 1. The number of thiazole rings is 1. The van der Waals surface area contributed by atoms with Crippen LogP contribution in [0.4, 0.5) is 5.13 Å². The number of nitrogens with one attached hydrogen (secondary N) is 1. The van der Waals surface area contributed by atoms with Gasteiger partial charge in [-0.15, -0.1) is 0 Å². The van der Waals surface area contributed by atoms with Crippen LogP contribution in [0, 0.1) is 0 Å². The standard InChI is InChI=1S/C9H8N2O2S/c1-13-6-3-2-4-7-8(6)11-9(14-7)10-5-12/h2-5H,1H3,(H,10,11,12). The summed E-state index contributed by atoms with van der Waals surface area (Å²) in [6.45, 7) is 0. The number of benzene rings is 1. The normalized spacial score (nSPS) is 10.1. The fourth-order valence-electron chi connectivity index (χ4n) is 1.20. The van der Waals surface area contributed by atoms with E-state index in [2.05, 4.69) is 10.3 Å². The van der Waals surface area contributed by atoms with Crippen LogP contribution in [0.25, 0.3) is 10.2 Å². The van der Waals surface area contributed by atoms with Gasteiger partial charge in [-0.2, -0.15) is 0 Å². The van der Waals surface area contributed by atoms with E-state index in [0.29, 0.717) is 11.5 Å². The fourth-order valence-corrected chi connectivity index (χ4v) is 2.04. The van der Waals surface area contributed by atoms with Crippen molar-refractivity contribution >= 4 is 33.1 Å². The first-order valence-electron chi connectivity index (χ1n) is 3.99.